The Bertz CT molecular complexity index is 853. The van der Waals surface area contributed by atoms with Crippen molar-refractivity contribution in [3.63, 3.8) is 0 Å². The van der Waals surface area contributed by atoms with E-state index in [-0.39, 0.29) is 12.8 Å². The van der Waals surface area contributed by atoms with Gasteiger partial charge in [0.2, 0.25) is 12.5 Å². The third-order valence-corrected chi connectivity index (χ3v) is 5.65. The minimum absolute atomic E-state index is 0.0498. The summed E-state index contributed by atoms with van der Waals surface area (Å²) < 4.78 is 22.3. The molecular formula is C22H27NO5. The monoisotopic (exact) mass is 385 g/mol. The molecule has 2 aliphatic rings. The molecule has 4 rings (SSSR count). The highest BCUT2D eigenvalue weighted by molar-refractivity contribution is 5.61. The fraction of sp³-hybridized carbons (Fsp3) is 0.455. The second-order valence-corrected chi connectivity index (χ2v) is 7.41. The van der Waals surface area contributed by atoms with Gasteiger partial charge in [-0.15, -0.1) is 0 Å². The number of hydrogen-bond acceptors (Lipinski definition) is 6. The fourth-order valence-electron chi connectivity index (χ4n) is 4.24. The number of aliphatic hydroxyl groups is 1. The number of nitrogens with zero attached hydrogens (tertiary/aromatic N) is 1. The SMILES string of the molecule is COc1cccc(C[C@H](O)C[C@H]2c3c(cc4c(c3OC)OCO4)CCN2C)c1. The predicted octanol–water partition coefficient (Wildman–Crippen LogP) is 2.96. The average Bonchev–Trinajstić information content (AvgIpc) is 3.17. The Morgan fingerprint density at radius 2 is 2.07 bits per heavy atom. The van der Waals surface area contributed by atoms with E-state index in [4.69, 9.17) is 18.9 Å². The quantitative estimate of drug-likeness (QED) is 0.825. The molecule has 0 fully saturated rings. The highest BCUT2D eigenvalue weighted by Crippen LogP contribution is 2.50. The van der Waals surface area contributed by atoms with E-state index in [2.05, 4.69) is 18.0 Å². The van der Waals surface area contributed by atoms with Crippen LogP contribution in [0.3, 0.4) is 0 Å². The first-order valence-electron chi connectivity index (χ1n) is 9.61. The molecule has 2 heterocycles. The lowest BCUT2D eigenvalue weighted by atomic mass is 9.87. The number of aliphatic hydroxyl groups excluding tert-OH is 1. The summed E-state index contributed by atoms with van der Waals surface area (Å²) in [6.45, 7) is 1.14. The zero-order valence-electron chi connectivity index (χ0n) is 16.6. The van der Waals surface area contributed by atoms with Crippen LogP contribution in [0.4, 0.5) is 0 Å². The molecule has 2 atom stereocenters. The van der Waals surface area contributed by atoms with Crippen molar-refractivity contribution in [1.82, 2.24) is 4.90 Å². The van der Waals surface area contributed by atoms with Gasteiger partial charge in [0.15, 0.2) is 11.5 Å². The number of hydrogen-bond donors (Lipinski definition) is 1. The molecule has 0 aromatic heterocycles. The smallest absolute Gasteiger partial charge is 0.231 e. The Labute approximate surface area is 165 Å². The molecule has 0 aliphatic carbocycles. The van der Waals surface area contributed by atoms with Gasteiger partial charge >= 0.3 is 0 Å². The maximum Gasteiger partial charge on any atom is 0.231 e. The summed E-state index contributed by atoms with van der Waals surface area (Å²) in [4.78, 5) is 2.28. The topological polar surface area (TPSA) is 60.4 Å². The van der Waals surface area contributed by atoms with Crippen LogP contribution in [0.2, 0.25) is 0 Å². The molecule has 0 amide bonds. The van der Waals surface area contributed by atoms with Crippen LogP contribution in [0.1, 0.15) is 29.2 Å². The van der Waals surface area contributed by atoms with Crippen molar-refractivity contribution in [3.8, 4) is 23.0 Å². The third-order valence-electron chi connectivity index (χ3n) is 5.65. The van der Waals surface area contributed by atoms with Gasteiger partial charge in [-0.1, -0.05) is 12.1 Å². The van der Waals surface area contributed by atoms with E-state index in [0.29, 0.717) is 18.6 Å². The van der Waals surface area contributed by atoms with Crippen molar-refractivity contribution in [1.29, 1.82) is 0 Å². The van der Waals surface area contributed by atoms with Crippen molar-refractivity contribution in [3.05, 3.63) is 47.0 Å². The van der Waals surface area contributed by atoms with E-state index in [1.54, 1.807) is 14.2 Å². The molecule has 0 bridgehead atoms. The van der Waals surface area contributed by atoms with E-state index in [0.717, 1.165) is 41.3 Å². The molecule has 2 aromatic carbocycles. The van der Waals surface area contributed by atoms with Gasteiger partial charge in [-0.05, 0) is 55.6 Å². The van der Waals surface area contributed by atoms with Gasteiger partial charge in [0, 0.05) is 18.2 Å². The lowest BCUT2D eigenvalue weighted by Crippen LogP contribution is -2.35. The van der Waals surface area contributed by atoms with Gasteiger partial charge in [0.25, 0.3) is 0 Å². The molecular weight excluding hydrogens is 358 g/mol. The second kappa shape index (κ2) is 7.89. The van der Waals surface area contributed by atoms with Gasteiger partial charge < -0.3 is 24.1 Å². The number of likely N-dealkylation sites (N-methyl/N-ethyl adjacent to an activating group) is 1. The van der Waals surface area contributed by atoms with Gasteiger partial charge in [-0.2, -0.15) is 0 Å². The zero-order chi connectivity index (χ0) is 19.7. The van der Waals surface area contributed by atoms with Crippen LogP contribution in [-0.2, 0) is 12.8 Å². The number of ether oxygens (including phenoxy) is 4. The first-order valence-corrected chi connectivity index (χ1v) is 9.61. The molecule has 0 spiro atoms. The van der Waals surface area contributed by atoms with E-state index < -0.39 is 6.10 Å². The second-order valence-electron chi connectivity index (χ2n) is 7.41. The third kappa shape index (κ3) is 3.50. The molecule has 1 N–H and O–H groups in total. The maximum atomic E-state index is 10.9. The molecule has 6 nitrogen and oxygen atoms in total. The van der Waals surface area contributed by atoms with Crippen molar-refractivity contribution in [2.45, 2.75) is 31.4 Å². The Morgan fingerprint density at radius 3 is 2.86 bits per heavy atom. The van der Waals surface area contributed by atoms with Crippen LogP contribution in [0.15, 0.2) is 30.3 Å². The van der Waals surface area contributed by atoms with Gasteiger partial charge in [0.05, 0.1) is 20.3 Å². The highest BCUT2D eigenvalue weighted by atomic mass is 16.7. The van der Waals surface area contributed by atoms with E-state index >= 15 is 0 Å². The van der Waals surface area contributed by atoms with Crippen LogP contribution < -0.4 is 18.9 Å². The van der Waals surface area contributed by atoms with E-state index in [9.17, 15) is 5.11 Å². The van der Waals surface area contributed by atoms with Crippen molar-refractivity contribution in [2.75, 3.05) is 34.6 Å². The number of fused-ring (bicyclic) bond motifs is 2. The fourth-order valence-corrected chi connectivity index (χ4v) is 4.24. The van der Waals surface area contributed by atoms with Crippen molar-refractivity contribution in [2.24, 2.45) is 0 Å². The highest BCUT2D eigenvalue weighted by Gasteiger charge is 2.34. The maximum absolute atomic E-state index is 10.9. The van der Waals surface area contributed by atoms with Crippen molar-refractivity contribution < 1.29 is 24.1 Å². The number of methoxy groups -OCH3 is 2. The Morgan fingerprint density at radius 1 is 1.21 bits per heavy atom. The number of benzene rings is 2. The molecule has 6 heteroatoms. The molecule has 0 saturated heterocycles. The standard InChI is InChI=1S/C22H27NO5/c1-23-8-7-15-11-19-21(28-13-27-19)22(26-3)20(15)18(23)12-16(24)9-14-5-4-6-17(10-14)25-2/h4-6,10-11,16,18,24H,7-9,12-13H2,1-3H3/t16-,18-/m0/s1. The molecule has 0 unspecified atom stereocenters. The summed E-state index contributed by atoms with van der Waals surface area (Å²) in [7, 11) is 5.41. The molecule has 0 radical (unpaired) electrons. The molecule has 28 heavy (non-hydrogen) atoms. The normalized spacial score (nSPS) is 19.2. The predicted molar refractivity (Wildman–Crippen MR) is 106 cm³/mol. The Balaban J connectivity index is 1.60. The number of rotatable bonds is 6. The Hall–Kier alpha value is -2.44. The van der Waals surface area contributed by atoms with Gasteiger partial charge in [-0.3, -0.25) is 4.90 Å². The van der Waals surface area contributed by atoms with E-state index in [1.165, 1.54) is 5.56 Å². The van der Waals surface area contributed by atoms with Crippen LogP contribution in [0.5, 0.6) is 23.0 Å². The van der Waals surface area contributed by atoms with Gasteiger partial charge in [-0.25, -0.2) is 0 Å². The summed E-state index contributed by atoms with van der Waals surface area (Å²) in [5.74, 6) is 2.95. The average molecular weight is 385 g/mol. The summed E-state index contributed by atoms with van der Waals surface area (Å²) in [6.07, 6.45) is 1.61. The first kappa shape index (κ1) is 18.9. The molecule has 150 valence electrons. The zero-order valence-corrected chi connectivity index (χ0v) is 16.6. The first-order chi connectivity index (χ1) is 13.6. The molecule has 2 aliphatic heterocycles. The summed E-state index contributed by atoms with van der Waals surface area (Å²) in [5, 5.41) is 10.9. The van der Waals surface area contributed by atoms with Gasteiger partial charge in [0.1, 0.15) is 5.75 Å². The van der Waals surface area contributed by atoms with Crippen LogP contribution >= 0.6 is 0 Å². The summed E-state index contributed by atoms with van der Waals surface area (Å²) >= 11 is 0. The largest absolute Gasteiger partial charge is 0.497 e. The van der Waals surface area contributed by atoms with Crippen LogP contribution in [0, 0.1) is 0 Å². The minimum atomic E-state index is -0.486. The molecule has 0 saturated carbocycles. The minimum Gasteiger partial charge on any atom is -0.497 e. The lowest BCUT2D eigenvalue weighted by molar-refractivity contribution is 0.107. The van der Waals surface area contributed by atoms with Crippen LogP contribution in [-0.4, -0.2) is 50.7 Å². The Kier molecular flexibility index (Phi) is 5.33. The van der Waals surface area contributed by atoms with E-state index in [1.807, 2.05) is 24.3 Å². The van der Waals surface area contributed by atoms with Crippen molar-refractivity contribution >= 4 is 0 Å². The van der Waals surface area contributed by atoms with Crippen LogP contribution in [0.25, 0.3) is 0 Å². The molecule has 2 aromatic rings. The summed E-state index contributed by atoms with van der Waals surface area (Å²) in [6, 6.07) is 9.97. The lowest BCUT2D eigenvalue weighted by Gasteiger charge is -2.37. The summed E-state index contributed by atoms with van der Waals surface area (Å²) in [5.41, 5.74) is 3.37.